The van der Waals surface area contributed by atoms with E-state index in [1.807, 2.05) is 0 Å². The van der Waals surface area contributed by atoms with E-state index in [4.69, 9.17) is 44.3 Å². The number of nitrogens with zero attached hydrogens (tertiary/aromatic N) is 1. The zero-order valence-corrected chi connectivity index (χ0v) is 11.9. The zero-order valence-electron chi connectivity index (χ0n) is 9.62. The summed E-state index contributed by atoms with van der Waals surface area (Å²) in [5.41, 5.74) is 0.486. The number of alkyl halides is 2. The third-order valence-electron chi connectivity index (χ3n) is 2.50. The summed E-state index contributed by atoms with van der Waals surface area (Å²) in [6.45, 7) is 3.03. The van der Waals surface area contributed by atoms with Crippen molar-refractivity contribution in [2.75, 3.05) is 0 Å². The van der Waals surface area contributed by atoms with Gasteiger partial charge >= 0.3 is 5.97 Å². The Morgan fingerprint density at radius 1 is 1.56 bits per heavy atom. The number of carbonyl (C=O) groups is 1. The van der Waals surface area contributed by atoms with Gasteiger partial charge in [0, 0.05) is 12.5 Å². The van der Waals surface area contributed by atoms with E-state index in [9.17, 15) is 4.79 Å². The molecule has 1 aliphatic rings. The fraction of sp³-hybridized carbons (Fsp3) is 0.455. The van der Waals surface area contributed by atoms with E-state index in [2.05, 4.69) is 4.98 Å². The predicted octanol–water partition coefficient (Wildman–Crippen LogP) is 3.60. The minimum atomic E-state index is -0.680. The van der Waals surface area contributed by atoms with Crippen molar-refractivity contribution in [1.29, 1.82) is 0 Å². The second-order valence-electron chi connectivity index (χ2n) is 3.88. The number of aromatic nitrogens is 1. The summed E-state index contributed by atoms with van der Waals surface area (Å²) in [5.74, 6) is -0.00902. The molecule has 0 aromatic carbocycles. The molecule has 1 aliphatic heterocycles. The van der Waals surface area contributed by atoms with Crippen molar-refractivity contribution in [3.63, 3.8) is 0 Å². The van der Waals surface area contributed by atoms with E-state index in [-0.39, 0.29) is 5.15 Å². The topological polar surface area (TPSA) is 48.4 Å². The quantitative estimate of drug-likeness (QED) is 0.476. The smallest absolute Gasteiger partial charge is 0.303 e. The summed E-state index contributed by atoms with van der Waals surface area (Å²) in [5, 5.41) is -0.347. The summed E-state index contributed by atoms with van der Waals surface area (Å²) >= 11 is 18.0. The maximum Gasteiger partial charge on any atom is 0.303 e. The summed E-state index contributed by atoms with van der Waals surface area (Å²) < 4.78 is 10.3. The molecule has 2 rings (SSSR count). The highest BCUT2D eigenvalue weighted by Crippen LogP contribution is 2.46. The first-order valence-corrected chi connectivity index (χ1v) is 6.47. The van der Waals surface area contributed by atoms with Crippen LogP contribution >= 0.6 is 34.8 Å². The minimum Gasteiger partial charge on any atom is -0.469 e. The largest absolute Gasteiger partial charge is 0.469 e. The number of esters is 1. The van der Waals surface area contributed by atoms with Crippen LogP contribution in [0.15, 0.2) is 6.07 Å². The van der Waals surface area contributed by atoms with Gasteiger partial charge in [-0.15, -0.1) is 11.6 Å². The Kier molecular flexibility index (Phi) is 3.90. The third kappa shape index (κ3) is 2.51. The monoisotopic (exact) mass is 309 g/mol. The Morgan fingerprint density at radius 2 is 2.22 bits per heavy atom. The second kappa shape index (κ2) is 5.11. The van der Waals surface area contributed by atoms with E-state index in [1.54, 1.807) is 13.0 Å². The molecule has 0 bridgehead atoms. The lowest BCUT2D eigenvalue weighted by atomic mass is 10.1. The molecular formula is C11H10Cl3NO3. The zero-order chi connectivity index (χ0) is 13.4. The first kappa shape index (κ1) is 13.7. The average Bonchev–Trinajstić information content (AvgIpc) is 2.56. The maximum atomic E-state index is 10.9. The lowest BCUT2D eigenvalue weighted by molar-refractivity contribution is -0.145. The summed E-state index contributed by atoms with van der Waals surface area (Å²) in [7, 11) is 0. The Hall–Kier alpha value is -0.710. The summed E-state index contributed by atoms with van der Waals surface area (Å²) in [6, 6.07) is 1.69. The summed E-state index contributed by atoms with van der Waals surface area (Å²) in [6.07, 6.45) is -0.511. The average molecular weight is 311 g/mol. The van der Waals surface area contributed by atoms with Crippen molar-refractivity contribution in [2.45, 2.75) is 30.9 Å². The molecule has 0 saturated heterocycles. The third-order valence-corrected chi connectivity index (χ3v) is 3.69. The van der Waals surface area contributed by atoms with Gasteiger partial charge in [-0.25, -0.2) is 4.98 Å². The first-order valence-electron chi connectivity index (χ1n) is 5.22. The number of halogens is 3. The molecule has 0 spiro atoms. The molecule has 0 N–H and O–H groups in total. The Morgan fingerprint density at radius 3 is 2.83 bits per heavy atom. The van der Waals surface area contributed by atoms with Crippen molar-refractivity contribution in [1.82, 2.24) is 4.98 Å². The van der Waals surface area contributed by atoms with Crippen LogP contribution < -0.4 is 4.74 Å². The highest BCUT2D eigenvalue weighted by Gasteiger charge is 2.34. The SMILES string of the molecule is CC(=O)OC(C)c1cc2c(c(Cl)n1)OC(Cl)C2Cl. The van der Waals surface area contributed by atoms with E-state index in [1.165, 1.54) is 6.92 Å². The Bertz CT molecular complexity index is 495. The predicted molar refractivity (Wildman–Crippen MR) is 68.3 cm³/mol. The van der Waals surface area contributed by atoms with Crippen LogP contribution in [-0.4, -0.2) is 16.5 Å². The number of pyridine rings is 1. The van der Waals surface area contributed by atoms with Gasteiger partial charge in [-0.2, -0.15) is 0 Å². The van der Waals surface area contributed by atoms with Crippen LogP contribution in [0.4, 0.5) is 0 Å². The van der Waals surface area contributed by atoms with Crippen molar-refractivity contribution in [3.8, 4) is 5.75 Å². The lowest BCUT2D eigenvalue weighted by Gasteiger charge is -2.13. The number of hydrogen-bond acceptors (Lipinski definition) is 4. The van der Waals surface area contributed by atoms with Gasteiger partial charge in [-0.1, -0.05) is 23.2 Å². The molecule has 18 heavy (non-hydrogen) atoms. The lowest BCUT2D eigenvalue weighted by Crippen LogP contribution is -2.07. The number of ether oxygens (including phenoxy) is 2. The molecule has 0 aliphatic carbocycles. The molecule has 3 atom stereocenters. The molecule has 0 amide bonds. The Labute approximate surface area is 119 Å². The van der Waals surface area contributed by atoms with Crippen molar-refractivity contribution < 1.29 is 14.3 Å². The van der Waals surface area contributed by atoms with Crippen LogP contribution in [0.5, 0.6) is 5.75 Å². The van der Waals surface area contributed by atoms with Gasteiger partial charge in [0.2, 0.25) is 0 Å². The highest BCUT2D eigenvalue weighted by atomic mass is 35.5. The first-order chi connectivity index (χ1) is 8.40. The molecule has 7 heteroatoms. The Balaban J connectivity index is 2.36. The fourth-order valence-electron chi connectivity index (χ4n) is 1.69. The van der Waals surface area contributed by atoms with E-state index in [0.29, 0.717) is 17.0 Å². The molecule has 4 nitrogen and oxygen atoms in total. The molecule has 0 saturated carbocycles. The molecule has 0 radical (unpaired) electrons. The summed E-state index contributed by atoms with van der Waals surface area (Å²) in [4.78, 5) is 15.0. The standard InChI is InChI=1S/C11H10Cl3NO3/c1-4(17-5(2)16)7-3-6-8(12)11(14)18-9(6)10(13)15-7/h3-4,8,11H,1-2H3. The van der Waals surface area contributed by atoms with Crippen LogP contribution in [0, 0.1) is 0 Å². The van der Waals surface area contributed by atoms with Crippen LogP contribution in [-0.2, 0) is 9.53 Å². The maximum absolute atomic E-state index is 10.9. The number of carbonyl (C=O) groups excluding carboxylic acids is 1. The van der Waals surface area contributed by atoms with Crippen molar-refractivity contribution >= 4 is 40.8 Å². The van der Waals surface area contributed by atoms with Crippen molar-refractivity contribution in [2.24, 2.45) is 0 Å². The molecular weight excluding hydrogens is 300 g/mol. The van der Waals surface area contributed by atoms with Gasteiger partial charge in [-0.05, 0) is 13.0 Å². The number of rotatable bonds is 2. The minimum absolute atomic E-state index is 0.162. The van der Waals surface area contributed by atoms with E-state index < -0.39 is 23.0 Å². The van der Waals surface area contributed by atoms with Gasteiger partial charge in [0.05, 0.1) is 5.69 Å². The molecule has 3 unspecified atom stereocenters. The van der Waals surface area contributed by atoms with Crippen LogP contribution in [0.25, 0.3) is 0 Å². The van der Waals surface area contributed by atoms with Gasteiger partial charge < -0.3 is 9.47 Å². The van der Waals surface area contributed by atoms with Crippen LogP contribution in [0.1, 0.15) is 36.6 Å². The van der Waals surface area contributed by atoms with Gasteiger partial charge in [0.25, 0.3) is 0 Å². The van der Waals surface area contributed by atoms with Gasteiger partial charge in [0.15, 0.2) is 16.5 Å². The van der Waals surface area contributed by atoms with E-state index in [0.717, 1.165) is 0 Å². The number of fused-ring (bicyclic) bond motifs is 1. The van der Waals surface area contributed by atoms with Crippen molar-refractivity contribution in [3.05, 3.63) is 22.5 Å². The van der Waals surface area contributed by atoms with Crippen LogP contribution in [0.3, 0.4) is 0 Å². The second-order valence-corrected chi connectivity index (χ2v) is 5.14. The van der Waals surface area contributed by atoms with Crippen LogP contribution in [0.2, 0.25) is 5.15 Å². The van der Waals surface area contributed by atoms with E-state index >= 15 is 0 Å². The highest BCUT2D eigenvalue weighted by molar-refractivity contribution is 6.33. The normalized spacial score (nSPS) is 23.2. The van der Waals surface area contributed by atoms with Gasteiger partial charge in [-0.3, -0.25) is 4.79 Å². The molecule has 1 aromatic heterocycles. The molecule has 98 valence electrons. The van der Waals surface area contributed by atoms with Gasteiger partial charge in [0.1, 0.15) is 11.5 Å². The molecule has 0 fully saturated rings. The molecule has 1 aromatic rings. The molecule has 2 heterocycles. The number of hydrogen-bond donors (Lipinski definition) is 0. The fourth-order valence-corrected chi connectivity index (χ4v) is 2.38.